The fraction of sp³-hybridized carbons (Fsp3) is 0.421. The predicted octanol–water partition coefficient (Wildman–Crippen LogP) is 3.98. The maximum absolute atomic E-state index is 8.50. The highest BCUT2D eigenvalue weighted by atomic mass is 28.3. The van der Waals surface area contributed by atoms with Gasteiger partial charge in [-0.1, -0.05) is 51.2 Å². The molecule has 0 saturated carbocycles. The Morgan fingerprint density at radius 2 is 1.86 bits per heavy atom. The Morgan fingerprint density at radius 1 is 1.19 bits per heavy atom. The van der Waals surface area contributed by atoms with Crippen molar-refractivity contribution in [1.29, 1.82) is 0 Å². The molecule has 0 unspecified atom stereocenters. The number of benzene rings is 1. The summed E-state index contributed by atoms with van der Waals surface area (Å²) in [5.74, 6) is 0. The van der Waals surface area contributed by atoms with Crippen LogP contribution in [0.4, 0.5) is 0 Å². The van der Waals surface area contributed by atoms with Crippen molar-refractivity contribution in [2.24, 2.45) is 7.05 Å². The van der Waals surface area contributed by atoms with Gasteiger partial charge in [-0.3, -0.25) is 0 Å². The van der Waals surface area contributed by atoms with Crippen LogP contribution in [0.25, 0.3) is 11.3 Å². The lowest BCUT2D eigenvalue weighted by atomic mass is 10.0. The van der Waals surface area contributed by atoms with Gasteiger partial charge in [-0.2, -0.15) is 0 Å². The van der Waals surface area contributed by atoms with Crippen LogP contribution >= 0.6 is 0 Å². The average molecular weight is 301 g/mol. The second-order valence-electron chi connectivity index (χ2n) is 6.69. The molecule has 21 heavy (non-hydrogen) atoms. The molecule has 0 aliphatic heterocycles. The van der Waals surface area contributed by atoms with Gasteiger partial charge in [-0.25, -0.2) is 4.57 Å². The monoisotopic (exact) mass is 300 g/mol. The third kappa shape index (κ3) is 3.43. The molecule has 0 aliphatic carbocycles. The molecule has 1 aromatic heterocycles. The highest BCUT2D eigenvalue weighted by Gasteiger charge is 2.25. The number of aromatic nitrogens is 1. The summed E-state index contributed by atoms with van der Waals surface area (Å²) in [4.78, 5) is 0. The van der Waals surface area contributed by atoms with E-state index in [2.05, 4.69) is 62.6 Å². The molecule has 0 bridgehead atoms. The maximum Gasteiger partial charge on any atom is 0.212 e. The normalized spacial score (nSPS) is 13.8. The molecular formula is C19H28NSi+. The number of aryl methyl sites for hydroxylation is 3. The topological polar surface area (TPSA) is 3.88 Å². The van der Waals surface area contributed by atoms with E-state index in [1.54, 1.807) is 0 Å². The maximum atomic E-state index is 8.50. The van der Waals surface area contributed by atoms with Crippen molar-refractivity contribution in [3.05, 3.63) is 47.7 Å². The largest absolute Gasteiger partial charge is 0.212 e. The first-order valence-electron chi connectivity index (χ1n) is 8.68. The van der Waals surface area contributed by atoms with Gasteiger partial charge >= 0.3 is 0 Å². The minimum atomic E-state index is -1.63. The van der Waals surface area contributed by atoms with E-state index < -0.39 is 14.4 Å². The highest BCUT2D eigenvalue weighted by Crippen LogP contribution is 2.21. The summed E-state index contributed by atoms with van der Waals surface area (Å²) < 4.78 is 19.2. The summed E-state index contributed by atoms with van der Waals surface area (Å²) in [5.41, 5.74) is 4.34. The quantitative estimate of drug-likeness (QED) is 0.594. The Labute approximate surface area is 133 Å². The lowest BCUT2D eigenvalue weighted by Gasteiger charge is -2.20. The third-order valence-corrected chi connectivity index (χ3v) is 5.88. The van der Waals surface area contributed by atoms with Crippen molar-refractivity contribution in [3.63, 3.8) is 0 Å². The molecule has 2 rings (SSSR count). The molecule has 0 radical (unpaired) electrons. The van der Waals surface area contributed by atoms with E-state index in [9.17, 15) is 0 Å². The number of pyridine rings is 1. The molecule has 0 fully saturated rings. The Kier molecular flexibility index (Phi) is 3.88. The van der Waals surface area contributed by atoms with E-state index in [0.717, 1.165) is 11.3 Å². The second kappa shape index (κ2) is 6.14. The van der Waals surface area contributed by atoms with Crippen LogP contribution in [0.2, 0.25) is 19.6 Å². The van der Waals surface area contributed by atoms with Crippen LogP contribution in [0.5, 0.6) is 0 Å². The first kappa shape index (κ1) is 13.3. The summed E-state index contributed by atoms with van der Waals surface area (Å²) in [6.07, 6.45) is 1.36. The molecule has 0 spiro atoms. The summed E-state index contributed by atoms with van der Waals surface area (Å²) >= 11 is 0. The van der Waals surface area contributed by atoms with Crippen molar-refractivity contribution in [3.8, 4) is 11.3 Å². The summed E-state index contributed by atoms with van der Waals surface area (Å²) in [7, 11) is 0.433. The van der Waals surface area contributed by atoms with E-state index >= 15 is 0 Å². The average Bonchev–Trinajstić information content (AvgIpc) is 2.46. The van der Waals surface area contributed by atoms with Gasteiger partial charge in [0.25, 0.3) is 0 Å². The lowest BCUT2D eigenvalue weighted by Crippen LogP contribution is -2.47. The van der Waals surface area contributed by atoms with Crippen LogP contribution in [0.1, 0.15) is 27.2 Å². The molecule has 112 valence electrons. The molecule has 2 heteroatoms. The van der Waals surface area contributed by atoms with Gasteiger partial charge in [0.1, 0.15) is 7.05 Å². The first-order valence-corrected chi connectivity index (χ1v) is 11.2. The molecule has 0 aliphatic rings. The van der Waals surface area contributed by atoms with Crippen molar-refractivity contribution in [2.45, 2.75) is 46.3 Å². The van der Waals surface area contributed by atoms with Gasteiger partial charge in [-0.15, -0.1) is 0 Å². The fourth-order valence-corrected chi connectivity index (χ4v) is 4.26. The zero-order valence-electron chi connectivity index (χ0n) is 16.1. The van der Waals surface area contributed by atoms with Gasteiger partial charge in [0.15, 0.2) is 6.20 Å². The zero-order valence-corrected chi connectivity index (χ0v) is 15.1. The molecular weight excluding hydrogens is 270 g/mol. The molecule has 0 saturated heterocycles. The van der Waals surface area contributed by atoms with Gasteiger partial charge < -0.3 is 0 Å². The van der Waals surface area contributed by atoms with Crippen LogP contribution < -0.4 is 9.75 Å². The molecule has 1 heterocycles. The molecule has 1 aromatic carbocycles. The van der Waals surface area contributed by atoms with Crippen molar-refractivity contribution < 1.29 is 7.31 Å². The SMILES string of the molecule is [2H]C([2H])(CC)c1cc(-c2ccccc2C)[n+](C)cc1[Si](C)(C)C. The van der Waals surface area contributed by atoms with Gasteiger partial charge in [-0.05, 0) is 30.5 Å². The van der Waals surface area contributed by atoms with Crippen molar-refractivity contribution >= 4 is 13.3 Å². The smallest absolute Gasteiger partial charge is 0.201 e. The van der Waals surface area contributed by atoms with E-state index in [-0.39, 0.29) is 0 Å². The lowest BCUT2D eigenvalue weighted by molar-refractivity contribution is -0.659. The predicted molar refractivity (Wildman–Crippen MR) is 94.8 cm³/mol. The summed E-state index contributed by atoms with van der Waals surface area (Å²) in [6, 6.07) is 10.4. The number of hydrogen-bond acceptors (Lipinski definition) is 0. The first-order chi connectivity index (χ1) is 10.6. The second-order valence-corrected chi connectivity index (χ2v) is 11.7. The van der Waals surface area contributed by atoms with Crippen molar-refractivity contribution in [1.82, 2.24) is 0 Å². The number of hydrogen-bond donors (Lipinski definition) is 0. The Hall–Kier alpha value is -1.41. The molecule has 1 nitrogen and oxygen atoms in total. The van der Waals surface area contributed by atoms with Gasteiger partial charge in [0.2, 0.25) is 5.69 Å². The Balaban J connectivity index is 2.79. The standard InChI is InChI=1S/C19H28NSi/c1-7-10-16-13-18(17-12-9-8-11-15(17)2)20(3)14-19(16)21(4,5)6/h8-9,11-14H,7,10H2,1-6H3/q+1/i10D2. The Morgan fingerprint density at radius 3 is 2.43 bits per heavy atom. The van der Waals surface area contributed by atoms with Crippen LogP contribution in [0, 0.1) is 6.92 Å². The minimum Gasteiger partial charge on any atom is -0.201 e. The summed E-state index contributed by atoms with van der Waals surface area (Å²) in [5, 5.41) is 1.21. The van der Waals surface area contributed by atoms with E-state index in [1.807, 2.05) is 19.1 Å². The summed E-state index contributed by atoms with van der Waals surface area (Å²) in [6.45, 7) is 10.9. The van der Waals surface area contributed by atoms with Gasteiger partial charge in [0, 0.05) is 19.6 Å². The highest BCUT2D eigenvalue weighted by molar-refractivity contribution is 6.88. The van der Waals surface area contributed by atoms with Crippen molar-refractivity contribution in [2.75, 3.05) is 0 Å². The zero-order chi connectivity index (χ0) is 17.4. The van der Waals surface area contributed by atoms with E-state index in [4.69, 9.17) is 2.74 Å². The molecule has 2 aromatic rings. The van der Waals surface area contributed by atoms with Gasteiger partial charge in [0.05, 0.1) is 8.07 Å². The molecule has 0 atom stereocenters. The molecule has 0 amide bonds. The minimum absolute atomic E-state index is 0.491. The van der Waals surface area contributed by atoms with E-state index in [1.165, 1.54) is 16.3 Å². The third-order valence-electron chi connectivity index (χ3n) is 3.87. The van der Waals surface area contributed by atoms with Crippen LogP contribution in [0.3, 0.4) is 0 Å². The Bertz CT molecular complexity index is 718. The van der Waals surface area contributed by atoms with Crippen LogP contribution in [-0.4, -0.2) is 8.07 Å². The van der Waals surface area contributed by atoms with Crippen LogP contribution in [0.15, 0.2) is 36.5 Å². The molecule has 0 N–H and O–H groups in total. The number of nitrogens with zero attached hydrogens (tertiary/aromatic N) is 1. The fourth-order valence-electron chi connectivity index (χ4n) is 2.71. The van der Waals surface area contributed by atoms with Crippen LogP contribution in [-0.2, 0) is 13.4 Å². The number of rotatable bonds is 4. The van der Waals surface area contributed by atoms with E-state index in [0.29, 0.717) is 6.42 Å².